The fourth-order valence-electron chi connectivity index (χ4n) is 3.50. The maximum Gasteiger partial charge on any atom is 0.149 e. The topological polar surface area (TPSA) is 28.4 Å². The minimum atomic E-state index is 0.769. The zero-order valence-electron chi connectivity index (χ0n) is 12.1. The molecule has 0 radical (unpaired) electrons. The molecule has 1 aromatic carbocycles. The Hall–Kier alpha value is -2.00. The van der Waals surface area contributed by atoms with Gasteiger partial charge in [0.15, 0.2) is 0 Å². The van der Waals surface area contributed by atoms with Crippen molar-refractivity contribution in [1.29, 1.82) is 0 Å². The highest BCUT2D eigenvalue weighted by atomic mass is 16.3. The second-order valence-corrected chi connectivity index (χ2v) is 6.10. The Morgan fingerprint density at radius 2 is 1.81 bits per heavy atom. The molecule has 3 nitrogen and oxygen atoms in total. The maximum atomic E-state index is 5.76. The third-order valence-electron chi connectivity index (χ3n) is 4.76. The number of hydrogen-bond acceptors (Lipinski definition) is 3. The van der Waals surface area contributed by atoms with E-state index in [-0.39, 0.29) is 0 Å². The number of fused-ring (bicyclic) bond motifs is 1. The number of hydrogen-bond donors (Lipinski definition) is 1. The first-order valence-electron chi connectivity index (χ1n) is 7.60. The van der Waals surface area contributed by atoms with Gasteiger partial charge >= 0.3 is 0 Å². The van der Waals surface area contributed by atoms with Gasteiger partial charge in [-0.25, -0.2) is 0 Å². The molecule has 0 amide bonds. The molecule has 2 aliphatic rings. The molecule has 2 saturated heterocycles. The molecule has 1 aromatic heterocycles. The second-order valence-electron chi connectivity index (χ2n) is 6.10. The van der Waals surface area contributed by atoms with E-state index in [0.29, 0.717) is 0 Å². The van der Waals surface area contributed by atoms with E-state index in [1.807, 2.05) is 24.5 Å². The van der Waals surface area contributed by atoms with E-state index in [9.17, 15) is 0 Å². The number of nitrogens with zero attached hydrogens (tertiary/aromatic N) is 1. The summed E-state index contributed by atoms with van der Waals surface area (Å²) in [6.45, 7) is 8.72. The van der Waals surface area contributed by atoms with Gasteiger partial charge in [0.1, 0.15) is 5.76 Å². The smallest absolute Gasteiger partial charge is 0.149 e. The highest BCUT2D eigenvalue weighted by molar-refractivity contribution is 5.68. The van der Waals surface area contributed by atoms with Gasteiger partial charge in [0.2, 0.25) is 0 Å². The van der Waals surface area contributed by atoms with E-state index >= 15 is 0 Å². The quantitative estimate of drug-likeness (QED) is 0.936. The Morgan fingerprint density at radius 3 is 2.52 bits per heavy atom. The maximum absolute atomic E-state index is 5.76. The summed E-state index contributed by atoms with van der Waals surface area (Å²) >= 11 is 0. The van der Waals surface area contributed by atoms with Gasteiger partial charge in [-0.05, 0) is 23.5 Å². The monoisotopic (exact) mass is 280 g/mol. The van der Waals surface area contributed by atoms with E-state index in [1.165, 1.54) is 5.56 Å². The van der Waals surface area contributed by atoms with Gasteiger partial charge in [0, 0.05) is 31.7 Å². The normalized spacial score (nSPS) is 24.3. The van der Waals surface area contributed by atoms with Crippen LogP contribution in [-0.4, -0.2) is 31.1 Å². The van der Waals surface area contributed by atoms with Gasteiger partial charge in [-0.1, -0.05) is 36.9 Å². The van der Waals surface area contributed by atoms with Crippen LogP contribution in [0.4, 0.5) is 0 Å². The predicted octanol–water partition coefficient (Wildman–Crippen LogP) is 3.07. The van der Waals surface area contributed by atoms with Crippen LogP contribution >= 0.6 is 0 Å². The molecule has 0 bridgehead atoms. The molecule has 3 heteroatoms. The van der Waals surface area contributed by atoms with Crippen LogP contribution in [0.25, 0.3) is 16.8 Å². The van der Waals surface area contributed by atoms with Crippen molar-refractivity contribution in [1.82, 2.24) is 10.2 Å². The molecule has 3 heterocycles. The molecule has 4 rings (SSSR count). The molecule has 1 N–H and O–H groups in total. The molecule has 2 aliphatic heterocycles. The van der Waals surface area contributed by atoms with Crippen LogP contribution in [0, 0.1) is 11.8 Å². The molecule has 0 aliphatic carbocycles. The Morgan fingerprint density at radius 1 is 1.10 bits per heavy atom. The van der Waals surface area contributed by atoms with Crippen LogP contribution in [0.3, 0.4) is 0 Å². The number of nitrogens with one attached hydrogen (secondary N) is 1. The van der Waals surface area contributed by atoms with Crippen molar-refractivity contribution in [2.45, 2.75) is 0 Å². The van der Waals surface area contributed by atoms with Gasteiger partial charge < -0.3 is 14.6 Å². The van der Waals surface area contributed by atoms with Crippen LogP contribution in [0.2, 0.25) is 0 Å². The largest absolute Gasteiger partial charge is 0.462 e. The Balaban J connectivity index is 1.52. The molecule has 2 unspecified atom stereocenters. The fourth-order valence-corrected chi connectivity index (χ4v) is 3.50. The lowest BCUT2D eigenvalue weighted by Crippen LogP contribution is -2.24. The first-order valence-corrected chi connectivity index (χ1v) is 7.60. The summed E-state index contributed by atoms with van der Waals surface area (Å²) in [7, 11) is 0. The lowest BCUT2D eigenvalue weighted by molar-refractivity contribution is 0.426. The molecule has 2 fully saturated rings. The third-order valence-corrected chi connectivity index (χ3v) is 4.76. The van der Waals surface area contributed by atoms with Crippen LogP contribution in [0.5, 0.6) is 0 Å². The summed E-state index contributed by atoms with van der Waals surface area (Å²) < 4.78 is 5.76. The Bertz CT molecular complexity index is 634. The van der Waals surface area contributed by atoms with Crippen molar-refractivity contribution in [2.24, 2.45) is 11.8 Å². The van der Waals surface area contributed by atoms with Crippen LogP contribution in [-0.2, 0) is 0 Å². The molecule has 0 saturated carbocycles. The van der Waals surface area contributed by atoms with Crippen molar-refractivity contribution in [2.75, 3.05) is 26.2 Å². The van der Waals surface area contributed by atoms with Crippen LogP contribution in [0.1, 0.15) is 5.76 Å². The predicted molar refractivity (Wildman–Crippen MR) is 84.6 cm³/mol. The number of likely N-dealkylation sites (tertiary alicyclic amines) is 1. The summed E-state index contributed by atoms with van der Waals surface area (Å²) in [5.74, 6) is 2.43. The molecule has 108 valence electrons. The van der Waals surface area contributed by atoms with Crippen LogP contribution in [0.15, 0.2) is 53.7 Å². The fraction of sp³-hybridized carbons (Fsp3) is 0.333. The van der Waals surface area contributed by atoms with Crippen molar-refractivity contribution in [3.05, 3.63) is 55.0 Å². The number of furan rings is 1. The van der Waals surface area contributed by atoms with E-state index in [4.69, 9.17) is 4.42 Å². The van der Waals surface area contributed by atoms with Gasteiger partial charge in [0.25, 0.3) is 0 Å². The molecular weight excluding hydrogens is 260 g/mol. The van der Waals surface area contributed by atoms with Crippen molar-refractivity contribution in [3.8, 4) is 11.1 Å². The van der Waals surface area contributed by atoms with Gasteiger partial charge in [-0.15, -0.1) is 0 Å². The average molecular weight is 280 g/mol. The molecule has 2 aromatic rings. The Kier molecular flexibility index (Phi) is 3.08. The summed E-state index contributed by atoms with van der Waals surface area (Å²) in [6, 6.07) is 12.4. The lowest BCUT2D eigenvalue weighted by Gasteiger charge is -2.20. The third kappa shape index (κ3) is 2.28. The van der Waals surface area contributed by atoms with Gasteiger partial charge in [0.05, 0.1) is 12.0 Å². The zero-order chi connectivity index (χ0) is 14.2. The molecule has 0 spiro atoms. The van der Waals surface area contributed by atoms with Gasteiger partial charge in [-0.3, -0.25) is 0 Å². The molecule has 21 heavy (non-hydrogen) atoms. The summed E-state index contributed by atoms with van der Waals surface area (Å²) in [5.41, 5.74) is 3.32. The standard InChI is InChI=1S/C18H20N2O/c1-13(20-10-16-8-19-9-17(16)11-20)18-7-15(12-21-18)14-5-3-2-4-6-14/h2-7,12,16-17,19H,1,8-11H2. The summed E-state index contributed by atoms with van der Waals surface area (Å²) in [6.07, 6.45) is 1.83. The summed E-state index contributed by atoms with van der Waals surface area (Å²) in [5, 5.41) is 3.47. The first kappa shape index (κ1) is 12.7. The van der Waals surface area contributed by atoms with Gasteiger partial charge in [-0.2, -0.15) is 0 Å². The van der Waals surface area contributed by atoms with Crippen molar-refractivity contribution in [3.63, 3.8) is 0 Å². The summed E-state index contributed by atoms with van der Waals surface area (Å²) in [4.78, 5) is 2.38. The van der Waals surface area contributed by atoms with E-state index in [2.05, 4.69) is 35.0 Å². The second kappa shape index (κ2) is 5.08. The lowest BCUT2D eigenvalue weighted by atomic mass is 10.0. The minimum absolute atomic E-state index is 0.769. The van der Waals surface area contributed by atoms with Crippen LogP contribution < -0.4 is 5.32 Å². The molecule has 2 atom stereocenters. The Labute approximate surface area is 125 Å². The number of benzene rings is 1. The molecular formula is C18H20N2O. The average Bonchev–Trinajstić information content (AvgIpc) is 3.22. The number of rotatable bonds is 3. The zero-order valence-corrected chi connectivity index (χ0v) is 12.1. The highest BCUT2D eigenvalue weighted by Gasteiger charge is 2.37. The SMILES string of the molecule is C=C(c1cc(-c2ccccc2)co1)N1CC2CNCC2C1. The van der Waals surface area contributed by atoms with E-state index in [1.54, 1.807) is 0 Å². The highest BCUT2D eigenvalue weighted by Crippen LogP contribution is 2.33. The van der Waals surface area contributed by atoms with E-state index < -0.39 is 0 Å². The van der Waals surface area contributed by atoms with Crippen molar-refractivity contribution >= 4 is 5.70 Å². The van der Waals surface area contributed by atoms with Crippen molar-refractivity contribution < 1.29 is 4.42 Å². The van der Waals surface area contributed by atoms with E-state index in [0.717, 1.165) is 55.0 Å². The minimum Gasteiger partial charge on any atom is -0.462 e. The first-order chi connectivity index (χ1) is 10.3.